The molecule has 0 spiro atoms. The van der Waals surface area contributed by atoms with Crippen molar-refractivity contribution in [2.75, 3.05) is 31.8 Å². The van der Waals surface area contributed by atoms with Crippen LogP contribution < -0.4 is 16.4 Å². The van der Waals surface area contributed by atoms with Gasteiger partial charge in [-0.2, -0.15) is 0 Å². The first-order valence-electron chi connectivity index (χ1n) is 13.1. The summed E-state index contributed by atoms with van der Waals surface area (Å²) in [5.41, 5.74) is 12.5. The summed E-state index contributed by atoms with van der Waals surface area (Å²) >= 11 is 5.14. The lowest BCUT2D eigenvalue weighted by Crippen LogP contribution is -2.36. The third kappa shape index (κ3) is 5.39. The number of alkyl halides is 1. The minimum Gasteiger partial charge on any atom is -0.780 e. The van der Waals surface area contributed by atoms with Gasteiger partial charge in [-0.1, -0.05) is 11.8 Å². The molecule has 4 aromatic heterocycles. The number of fused-ring (bicyclic) bond motifs is 5. The average Bonchev–Trinajstić information content (AvgIpc) is 3.77. The Hall–Kier alpha value is -2.85. The maximum Gasteiger partial charge on any atom is 0.475 e. The smallest absolute Gasteiger partial charge is 0.475 e. The highest BCUT2D eigenvalue weighted by atomic mass is 32.5. The van der Waals surface area contributed by atoms with Crippen LogP contribution >= 0.6 is 14.5 Å². The average molecular weight is 689 g/mol. The number of nitrogens with zero attached hydrogens (tertiary/aromatic N) is 8. The van der Waals surface area contributed by atoms with Gasteiger partial charge in [0.05, 0.1) is 25.9 Å². The number of aliphatic hydroxyl groups excluding tert-OH is 1. The third-order valence-electron chi connectivity index (χ3n) is 7.42. The van der Waals surface area contributed by atoms with E-state index in [2.05, 4.69) is 29.9 Å². The molecule has 3 fully saturated rings. The van der Waals surface area contributed by atoms with Crippen molar-refractivity contribution in [1.29, 1.82) is 0 Å². The Balaban J connectivity index is 1.22. The maximum atomic E-state index is 16.1. The molecule has 242 valence electrons. The molecular weight excluding hydrogens is 665 g/mol. The van der Waals surface area contributed by atoms with E-state index < -0.39 is 76.9 Å². The van der Waals surface area contributed by atoms with Crippen LogP contribution in [0.3, 0.4) is 0 Å². The number of ether oxygens (including phenoxy) is 2. The molecule has 3 aliphatic heterocycles. The fraction of sp³-hybridized carbons (Fsp3) is 0.524. The van der Waals surface area contributed by atoms with Gasteiger partial charge in [-0.15, -0.1) is 0 Å². The van der Waals surface area contributed by atoms with Crippen molar-refractivity contribution in [3.63, 3.8) is 0 Å². The number of aromatic nitrogens is 8. The Morgan fingerprint density at radius 3 is 2.13 bits per heavy atom. The summed E-state index contributed by atoms with van der Waals surface area (Å²) in [7, 11) is -3.55. The number of aliphatic hydroxyl groups is 1. The molecule has 7 heterocycles. The topological polar surface area (TPSA) is 264 Å². The minimum atomic E-state index is -4.57. The van der Waals surface area contributed by atoms with E-state index in [9.17, 15) is 14.6 Å². The van der Waals surface area contributed by atoms with Crippen molar-refractivity contribution in [1.82, 2.24) is 39.0 Å². The van der Waals surface area contributed by atoms with E-state index in [1.165, 1.54) is 28.1 Å². The van der Waals surface area contributed by atoms with Crippen molar-refractivity contribution >= 4 is 60.3 Å². The van der Waals surface area contributed by atoms with Crippen molar-refractivity contribution in [2.24, 2.45) is 0 Å². The lowest BCUT2D eigenvalue weighted by molar-refractivity contribution is -0.218. The van der Waals surface area contributed by atoms with Crippen LogP contribution in [0.15, 0.2) is 25.3 Å². The number of imidazole rings is 2. The van der Waals surface area contributed by atoms with Gasteiger partial charge in [-0.3, -0.25) is 22.7 Å². The van der Waals surface area contributed by atoms with Gasteiger partial charge in [-0.25, -0.2) is 38.9 Å². The molecule has 0 aromatic carbocycles. The molecule has 10 atom stereocenters. The zero-order chi connectivity index (χ0) is 31.7. The maximum absolute atomic E-state index is 16.1. The van der Waals surface area contributed by atoms with Crippen LogP contribution in [0.2, 0.25) is 0 Å². The second-order valence-corrected chi connectivity index (χ2v) is 14.5. The summed E-state index contributed by atoms with van der Waals surface area (Å²) in [5.74, 6) is 0.121. The normalized spacial score (nSPS) is 37.7. The Bertz CT molecular complexity index is 1850. The van der Waals surface area contributed by atoms with Crippen LogP contribution in [0.4, 0.5) is 16.0 Å². The van der Waals surface area contributed by atoms with Crippen LogP contribution in [-0.2, 0) is 48.5 Å². The SMILES string of the molecule is COP1(=O)OCC2O[C@@H](n3cnc4c(N)ncnc43)C(OP([O-])(=S)OC[C@H]3O[C@@H](n4cnc5c(N)ncnc54)C(F)C3O1)C2O. The zero-order valence-electron chi connectivity index (χ0n) is 22.9. The molecule has 0 radical (unpaired) electrons. The lowest BCUT2D eigenvalue weighted by Gasteiger charge is -2.34. The molecule has 24 heteroatoms. The Labute approximate surface area is 256 Å². The van der Waals surface area contributed by atoms with Gasteiger partial charge in [0, 0.05) is 7.11 Å². The van der Waals surface area contributed by atoms with Crippen molar-refractivity contribution in [3.05, 3.63) is 25.3 Å². The van der Waals surface area contributed by atoms with Crippen molar-refractivity contribution in [3.8, 4) is 0 Å². The van der Waals surface area contributed by atoms with E-state index in [1.54, 1.807) is 0 Å². The first kappa shape index (κ1) is 30.8. The van der Waals surface area contributed by atoms with E-state index in [0.717, 1.165) is 13.4 Å². The number of halogens is 1. The highest BCUT2D eigenvalue weighted by Gasteiger charge is 2.53. The molecule has 0 aliphatic carbocycles. The van der Waals surface area contributed by atoms with Gasteiger partial charge >= 0.3 is 7.82 Å². The number of nitrogen functional groups attached to an aromatic ring is 2. The summed E-state index contributed by atoms with van der Waals surface area (Å²) in [6, 6.07) is 0. The zero-order valence-corrected chi connectivity index (χ0v) is 25.5. The third-order valence-corrected chi connectivity index (χ3v) is 10.4. The molecule has 20 nitrogen and oxygen atoms in total. The molecule has 2 bridgehead atoms. The lowest BCUT2D eigenvalue weighted by atomic mass is 10.1. The highest BCUT2D eigenvalue weighted by Crippen LogP contribution is 2.55. The van der Waals surface area contributed by atoms with Crippen LogP contribution in [0.5, 0.6) is 0 Å². The number of nitrogens with two attached hydrogens (primary N) is 2. The molecule has 4 aromatic rings. The minimum absolute atomic E-state index is 0.0488. The first-order chi connectivity index (χ1) is 21.5. The molecule has 45 heavy (non-hydrogen) atoms. The number of anilines is 2. The van der Waals surface area contributed by atoms with Gasteiger partial charge in [0.1, 0.15) is 60.9 Å². The molecule has 7 rings (SSSR count). The van der Waals surface area contributed by atoms with Crippen LogP contribution in [0.1, 0.15) is 12.5 Å². The number of hydrogen-bond donors (Lipinski definition) is 3. The van der Waals surface area contributed by atoms with E-state index in [-0.39, 0.29) is 34.0 Å². The summed E-state index contributed by atoms with van der Waals surface area (Å²) < 4.78 is 71.3. The second-order valence-electron chi connectivity index (χ2n) is 10.0. The molecule has 0 amide bonds. The van der Waals surface area contributed by atoms with Crippen LogP contribution in [-0.4, -0.2) is 101 Å². The van der Waals surface area contributed by atoms with E-state index in [1.807, 2.05) is 0 Å². The van der Waals surface area contributed by atoms with Gasteiger partial charge in [0.25, 0.3) is 0 Å². The van der Waals surface area contributed by atoms with Crippen molar-refractivity contribution < 1.29 is 51.0 Å². The summed E-state index contributed by atoms with van der Waals surface area (Å²) in [5, 5.41) is 11.2. The molecular formula is C21H24FN10O10P2S-. The molecule has 0 saturated carbocycles. The van der Waals surface area contributed by atoms with E-state index in [0.29, 0.717) is 0 Å². The van der Waals surface area contributed by atoms with Crippen molar-refractivity contribution in [2.45, 2.75) is 49.1 Å². The number of hydrogen-bond acceptors (Lipinski definition) is 19. The standard InChI is InChI=1S/C21H25FN10O10P2S/c1-36-43(34)37-2-8-13(33)15(21(39-8)32-7-30-12-17(24)26-5-28-19(12)32)42-44(35,45)38-3-9-14(41-43)10(22)20(40-9)31-6-29-11-16(23)25-4-27-18(11)31/h4-10,13-15,20-21,33H,2-3H2,1H3,(H,35,45)(H2,23,25,27)(H2,24,26,28)/p-1/t8?,9-,10?,13?,14?,15?,20-,21-,43?,44?/m1/s1. The van der Waals surface area contributed by atoms with E-state index >= 15 is 4.39 Å². The Morgan fingerprint density at radius 2 is 1.51 bits per heavy atom. The fourth-order valence-electron chi connectivity index (χ4n) is 5.27. The number of rotatable bonds is 3. The molecule has 5 N–H and O–H groups in total. The Kier molecular flexibility index (Phi) is 7.83. The summed E-state index contributed by atoms with van der Waals surface area (Å²) in [6.45, 7) is -5.77. The predicted molar refractivity (Wildman–Crippen MR) is 149 cm³/mol. The molecule has 3 aliphatic rings. The fourth-order valence-corrected chi connectivity index (χ4v) is 7.80. The number of phosphoric ester groups is 1. The van der Waals surface area contributed by atoms with Crippen LogP contribution in [0.25, 0.3) is 22.3 Å². The second kappa shape index (κ2) is 11.4. The first-order valence-corrected chi connectivity index (χ1v) is 17.1. The van der Waals surface area contributed by atoms with Crippen LogP contribution in [0, 0.1) is 0 Å². The molecule has 7 unspecified atom stereocenters. The number of phosphoric acid groups is 1. The largest absolute Gasteiger partial charge is 0.780 e. The van der Waals surface area contributed by atoms with Gasteiger partial charge in [0.15, 0.2) is 41.6 Å². The summed E-state index contributed by atoms with van der Waals surface area (Å²) in [6.07, 6.45) is -7.26. The predicted octanol–water partition coefficient (Wildman–Crippen LogP) is -0.519. The highest BCUT2D eigenvalue weighted by molar-refractivity contribution is 8.06. The Morgan fingerprint density at radius 1 is 0.933 bits per heavy atom. The monoisotopic (exact) mass is 689 g/mol. The van der Waals surface area contributed by atoms with Gasteiger partial charge in [0.2, 0.25) is 0 Å². The quantitative estimate of drug-likeness (QED) is 0.228. The summed E-state index contributed by atoms with van der Waals surface area (Å²) in [4.78, 5) is 37.8. The molecule has 3 saturated heterocycles. The van der Waals surface area contributed by atoms with Gasteiger partial charge < -0.3 is 40.0 Å². The van der Waals surface area contributed by atoms with Gasteiger partial charge in [-0.05, 0) is 0 Å². The van der Waals surface area contributed by atoms with E-state index in [4.69, 9.17) is 55.4 Å².